The standard InChI is InChI=1S/C12H14N4O2/c1-17-11-8(4-2-7-14-11)12-15-10(16-18-12)9-5-3-6-13-9/h2,4,7,9,13H,3,5-6H2,1H3. The summed E-state index contributed by atoms with van der Waals surface area (Å²) in [6, 6.07) is 3.87. The molecule has 2 aromatic heterocycles. The maximum Gasteiger partial charge on any atom is 0.263 e. The molecule has 0 aliphatic carbocycles. The lowest BCUT2D eigenvalue weighted by atomic mass is 10.2. The molecule has 6 nitrogen and oxygen atoms in total. The van der Waals surface area contributed by atoms with Crippen molar-refractivity contribution in [2.75, 3.05) is 13.7 Å². The van der Waals surface area contributed by atoms with Crippen molar-refractivity contribution in [1.29, 1.82) is 0 Å². The number of rotatable bonds is 3. The highest BCUT2D eigenvalue weighted by Gasteiger charge is 2.23. The zero-order valence-corrected chi connectivity index (χ0v) is 10.1. The summed E-state index contributed by atoms with van der Waals surface area (Å²) < 4.78 is 10.5. The maximum absolute atomic E-state index is 5.28. The van der Waals surface area contributed by atoms with Gasteiger partial charge in [0, 0.05) is 6.20 Å². The van der Waals surface area contributed by atoms with Gasteiger partial charge in [0.25, 0.3) is 5.89 Å². The van der Waals surface area contributed by atoms with Crippen molar-refractivity contribution in [2.24, 2.45) is 0 Å². The van der Waals surface area contributed by atoms with E-state index in [9.17, 15) is 0 Å². The molecule has 0 aromatic carbocycles. The zero-order chi connectivity index (χ0) is 12.4. The van der Waals surface area contributed by atoms with E-state index in [0.29, 0.717) is 17.6 Å². The predicted molar refractivity (Wildman–Crippen MR) is 64.1 cm³/mol. The quantitative estimate of drug-likeness (QED) is 0.886. The first-order valence-electron chi connectivity index (χ1n) is 5.95. The first-order valence-corrected chi connectivity index (χ1v) is 5.95. The molecule has 0 spiro atoms. The Hall–Kier alpha value is -1.95. The molecule has 1 saturated heterocycles. The van der Waals surface area contributed by atoms with E-state index in [1.54, 1.807) is 13.3 Å². The minimum atomic E-state index is 0.199. The summed E-state index contributed by atoms with van der Waals surface area (Å²) in [6.45, 7) is 1.00. The van der Waals surface area contributed by atoms with Gasteiger partial charge in [0.1, 0.15) is 5.56 Å². The molecule has 1 fully saturated rings. The van der Waals surface area contributed by atoms with Crippen LogP contribution in [0.15, 0.2) is 22.9 Å². The molecule has 3 rings (SSSR count). The Labute approximate surface area is 104 Å². The van der Waals surface area contributed by atoms with Gasteiger partial charge < -0.3 is 14.6 Å². The van der Waals surface area contributed by atoms with E-state index in [0.717, 1.165) is 24.9 Å². The Kier molecular flexibility index (Phi) is 2.93. The normalized spacial score (nSPS) is 19.1. The molecule has 94 valence electrons. The molecule has 2 aromatic rings. The number of ether oxygens (including phenoxy) is 1. The van der Waals surface area contributed by atoms with E-state index < -0.39 is 0 Å². The van der Waals surface area contributed by atoms with Crippen molar-refractivity contribution >= 4 is 0 Å². The van der Waals surface area contributed by atoms with Crippen LogP contribution in [0.5, 0.6) is 5.88 Å². The lowest BCUT2D eigenvalue weighted by molar-refractivity contribution is 0.388. The molecule has 6 heteroatoms. The SMILES string of the molecule is COc1ncccc1-c1nc(C2CCCN2)no1. The third-order valence-corrected chi connectivity index (χ3v) is 3.01. The Morgan fingerprint density at radius 1 is 1.50 bits per heavy atom. The van der Waals surface area contributed by atoms with Gasteiger partial charge in [-0.3, -0.25) is 0 Å². The van der Waals surface area contributed by atoms with Gasteiger partial charge in [-0.2, -0.15) is 4.98 Å². The fourth-order valence-corrected chi connectivity index (χ4v) is 2.11. The number of hydrogen-bond acceptors (Lipinski definition) is 6. The summed E-state index contributed by atoms with van der Waals surface area (Å²) in [5, 5.41) is 7.35. The average Bonchev–Trinajstić information content (AvgIpc) is 3.09. The second-order valence-corrected chi connectivity index (χ2v) is 4.17. The number of methoxy groups -OCH3 is 1. The first kappa shape index (κ1) is 11.2. The third kappa shape index (κ3) is 1.95. The van der Waals surface area contributed by atoms with E-state index in [1.165, 1.54) is 0 Å². The molecule has 1 aliphatic rings. The summed E-state index contributed by atoms with van der Waals surface area (Å²) in [4.78, 5) is 8.53. The van der Waals surface area contributed by atoms with Gasteiger partial charge in [0.2, 0.25) is 5.88 Å². The predicted octanol–water partition coefficient (Wildman–Crippen LogP) is 1.56. The summed E-state index contributed by atoms with van der Waals surface area (Å²) in [6.07, 6.45) is 3.85. The zero-order valence-electron chi connectivity index (χ0n) is 10.1. The lowest BCUT2D eigenvalue weighted by Gasteiger charge is -2.02. The van der Waals surface area contributed by atoms with E-state index in [-0.39, 0.29) is 6.04 Å². The summed E-state index contributed by atoms with van der Waals surface area (Å²) in [5.74, 6) is 1.64. The van der Waals surface area contributed by atoms with Gasteiger partial charge in [0.05, 0.1) is 13.2 Å². The molecule has 3 heterocycles. The largest absolute Gasteiger partial charge is 0.480 e. The first-order chi connectivity index (χ1) is 8.88. The van der Waals surface area contributed by atoms with E-state index >= 15 is 0 Å². The van der Waals surface area contributed by atoms with Crippen molar-refractivity contribution in [2.45, 2.75) is 18.9 Å². The van der Waals surface area contributed by atoms with Crippen LogP contribution >= 0.6 is 0 Å². The molecule has 1 atom stereocenters. The smallest absolute Gasteiger partial charge is 0.263 e. The minimum Gasteiger partial charge on any atom is -0.480 e. The van der Waals surface area contributed by atoms with Crippen molar-refractivity contribution in [3.05, 3.63) is 24.2 Å². The molecule has 1 N–H and O–H groups in total. The molecule has 0 bridgehead atoms. The van der Waals surface area contributed by atoms with Crippen molar-refractivity contribution in [3.8, 4) is 17.3 Å². The van der Waals surface area contributed by atoms with Crippen LogP contribution in [0.25, 0.3) is 11.5 Å². The third-order valence-electron chi connectivity index (χ3n) is 3.01. The van der Waals surface area contributed by atoms with Gasteiger partial charge in [0.15, 0.2) is 5.82 Å². The molecular formula is C12H14N4O2. The Morgan fingerprint density at radius 2 is 2.44 bits per heavy atom. The summed E-state index contributed by atoms with van der Waals surface area (Å²) in [5.41, 5.74) is 0.719. The lowest BCUT2D eigenvalue weighted by Crippen LogP contribution is -2.14. The van der Waals surface area contributed by atoms with Crippen LogP contribution in [-0.4, -0.2) is 28.8 Å². The average molecular weight is 246 g/mol. The van der Waals surface area contributed by atoms with Gasteiger partial charge in [-0.1, -0.05) is 5.16 Å². The maximum atomic E-state index is 5.28. The van der Waals surface area contributed by atoms with Crippen LogP contribution in [0.2, 0.25) is 0 Å². The summed E-state index contributed by atoms with van der Waals surface area (Å²) in [7, 11) is 1.57. The van der Waals surface area contributed by atoms with Gasteiger partial charge in [-0.15, -0.1) is 0 Å². The van der Waals surface area contributed by atoms with Crippen LogP contribution in [0.1, 0.15) is 24.7 Å². The second-order valence-electron chi connectivity index (χ2n) is 4.17. The fraction of sp³-hybridized carbons (Fsp3) is 0.417. The van der Waals surface area contributed by atoms with Crippen LogP contribution in [0.3, 0.4) is 0 Å². The Bertz CT molecular complexity index is 534. The molecule has 0 radical (unpaired) electrons. The van der Waals surface area contributed by atoms with E-state index in [2.05, 4.69) is 20.4 Å². The molecule has 18 heavy (non-hydrogen) atoms. The van der Waals surface area contributed by atoms with Gasteiger partial charge in [-0.25, -0.2) is 4.98 Å². The molecular weight excluding hydrogens is 232 g/mol. The number of pyridine rings is 1. The Morgan fingerprint density at radius 3 is 3.22 bits per heavy atom. The highest BCUT2D eigenvalue weighted by atomic mass is 16.5. The van der Waals surface area contributed by atoms with E-state index in [1.807, 2.05) is 12.1 Å². The van der Waals surface area contributed by atoms with Crippen molar-refractivity contribution in [3.63, 3.8) is 0 Å². The molecule has 0 amide bonds. The summed E-state index contributed by atoms with van der Waals surface area (Å²) >= 11 is 0. The number of nitrogens with zero attached hydrogens (tertiary/aromatic N) is 3. The second kappa shape index (κ2) is 4.73. The molecule has 0 saturated carbocycles. The highest BCUT2D eigenvalue weighted by molar-refractivity contribution is 5.59. The van der Waals surface area contributed by atoms with Crippen LogP contribution in [0, 0.1) is 0 Å². The van der Waals surface area contributed by atoms with Crippen molar-refractivity contribution < 1.29 is 9.26 Å². The van der Waals surface area contributed by atoms with E-state index in [4.69, 9.17) is 9.26 Å². The van der Waals surface area contributed by atoms with Gasteiger partial charge in [-0.05, 0) is 31.5 Å². The van der Waals surface area contributed by atoms with Crippen LogP contribution in [0.4, 0.5) is 0 Å². The van der Waals surface area contributed by atoms with Gasteiger partial charge >= 0.3 is 0 Å². The minimum absolute atomic E-state index is 0.199. The monoisotopic (exact) mass is 246 g/mol. The Balaban J connectivity index is 1.92. The number of nitrogens with one attached hydrogen (secondary N) is 1. The highest BCUT2D eigenvalue weighted by Crippen LogP contribution is 2.28. The van der Waals surface area contributed by atoms with Crippen molar-refractivity contribution in [1.82, 2.24) is 20.4 Å². The molecule has 1 unspecified atom stereocenters. The topological polar surface area (TPSA) is 73.1 Å². The number of hydrogen-bond donors (Lipinski definition) is 1. The van der Waals surface area contributed by atoms with Crippen LogP contribution < -0.4 is 10.1 Å². The van der Waals surface area contributed by atoms with Crippen LogP contribution in [-0.2, 0) is 0 Å². The molecule has 1 aliphatic heterocycles. The number of aromatic nitrogens is 3. The fourth-order valence-electron chi connectivity index (χ4n) is 2.11.